The van der Waals surface area contributed by atoms with Crippen LogP contribution in [0.1, 0.15) is 5.69 Å². The smallest absolute Gasteiger partial charge is 0.306 e. The minimum Gasteiger partial charge on any atom is -0.306 e. The fraction of sp³-hybridized carbons (Fsp3) is 0.250. The summed E-state index contributed by atoms with van der Waals surface area (Å²) in [6.07, 6.45) is 3.25. The highest BCUT2D eigenvalue weighted by Crippen LogP contribution is 2.12. The van der Waals surface area contributed by atoms with Crippen LogP contribution in [0, 0.1) is 0 Å². The van der Waals surface area contributed by atoms with Crippen molar-refractivity contribution >= 4 is 17.8 Å². The summed E-state index contributed by atoms with van der Waals surface area (Å²) in [7, 11) is 1.44. The van der Waals surface area contributed by atoms with Crippen molar-refractivity contribution in [3.8, 4) is 0 Å². The number of aromatic nitrogens is 2. The van der Waals surface area contributed by atoms with Crippen molar-refractivity contribution < 1.29 is 0 Å². The third kappa shape index (κ3) is 1.60. The summed E-state index contributed by atoms with van der Waals surface area (Å²) in [6.45, 7) is 3.52. The van der Waals surface area contributed by atoms with Gasteiger partial charge in [0, 0.05) is 7.05 Å². The van der Waals surface area contributed by atoms with E-state index in [9.17, 15) is 9.59 Å². The molecular weight excluding hydrogens is 188 g/mol. The second-order valence-corrected chi connectivity index (χ2v) is 3.26. The van der Waals surface area contributed by atoms with E-state index in [0.29, 0.717) is 10.6 Å². The first-order valence-corrected chi connectivity index (χ1v) is 4.84. The van der Waals surface area contributed by atoms with Gasteiger partial charge in [0.15, 0.2) is 0 Å². The Morgan fingerprint density at radius 2 is 2.15 bits per heavy atom. The van der Waals surface area contributed by atoms with Gasteiger partial charge in [0.05, 0.1) is 10.6 Å². The number of H-pyrrole nitrogens is 1. The zero-order valence-electron chi connectivity index (χ0n) is 7.46. The maximum Gasteiger partial charge on any atom is 0.328 e. The van der Waals surface area contributed by atoms with Gasteiger partial charge in [0.1, 0.15) is 0 Å². The SMILES string of the molecule is C=Cc1[nH]c(=O)n(C)c(=O)c1SC. The van der Waals surface area contributed by atoms with E-state index in [1.165, 1.54) is 24.9 Å². The Morgan fingerprint density at radius 3 is 2.62 bits per heavy atom. The third-order valence-corrected chi connectivity index (χ3v) is 2.50. The van der Waals surface area contributed by atoms with Crippen LogP contribution >= 0.6 is 11.8 Å². The number of hydrogen-bond donors (Lipinski definition) is 1. The predicted molar refractivity (Wildman–Crippen MR) is 54.2 cm³/mol. The lowest BCUT2D eigenvalue weighted by Gasteiger charge is -2.03. The van der Waals surface area contributed by atoms with Gasteiger partial charge < -0.3 is 4.98 Å². The van der Waals surface area contributed by atoms with E-state index in [1.54, 1.807) is 6.26 Å². The standard InChI is InChI=1S/C8H10N2O2S/c1-4-5-6(13-3)7(11)10(2)8(12)9-5/h4H,1H2,2-3H3,(H,9,12). The Morgan fingerprint density at radius 1 is 1.54 bits per heavy atom. The fourth-order valence-electron chi connectivity index (χ4n) is 0.957. The molecule has 4 nitrogen and oxygen atoms in total. The molecule has 1 N–H and O–H groups in total. The molecular formula is C8H10N2O2S. The number of hydrogen-bond acceptors (Lipinski definition) is 3. The Hall–Kier alpha value is -1.23. The lowest BCUT2D eigenvalue weighted by Crippen LogP contribution is -2.34. The number of aromatic amines is 1. The Balaban J connectivity index is 3.68. The van der Waals surface area contributed by atoms with Gasteiger partial charge in [-0.15, -0.1) is 11.8 Å². The molecule has 0 aromatic carbocycles. The van der Waals surface area contributed by atoms with E-state index in [2.05, 4.69) is 11.6 Å². The summed E-state index contributed by atoms with van der Waals surface area (Å²) < 4.78 is 1.04. The highest BCUT2D eigenvalue weighted by molar-refractivity contribution is 7.98. The summed E-state index contributed by atoms with van der Waals surface area (Å²) >= 11 is 1.29. The molecule has 0 bridgehead atoms. The zero-order chi connectivity index (χ0) is 10.0. The maximum absolute atomic E-state index is 11.5. The minimum absolute atomic E-state index is 0.286. The average molecular weight is 198 g/mol. The van der Waals surface area contributed by atoms with Crippen LogP contribution in [0.4, 0.5) is 0 Å². The van der Waals surface area contributed by atoms with Gasteiger partial charge in [-0.1, -0.05) is 6.58 Å². The number of thioether (sulfide) groups is 1. The summed E-state index contributed by atoms with van der Waals surface area (Å²) in [5, 5.41) is 0. The van der Waals surface area contributed by atoms with Crippen molar-refractivity contribution in [1.29, 1.82) is 0 Å². The van der Waals surface area contributed by atoms with Crippen LogP contribution in [0.3, 0.4) is 0 Å². The molecule has 1 aromatic heterocycles. The summed E-state index contributed by atoms with van der Waals surface area (Å²) in [6, 6.07) is 0. The Kier molecular flexibility index (Phi) is 2.77. The highest BCUT2D eigenvalue weighted by Gasteiger charge is 2.07. The first kappa shape index (κ1) is 9.85. The molecule has 13 heavy (non-hydrogen) atoms. The fourth-order valence-corrected chi connectivity index (χ4v) is 1.62. The summed E-state index contributed by atoms with van der Waals surface area (Å²) in [5.41, 5.74) is -0.218. The Bertz CT molecular complexity index is 444. The van der Waals surface area contributed by atoms with E-state index in [4.69, 9.17) is 0 Å². The van der Waals surface area contributed by atoms with Gasteiger partial charge in [-0.2, -0.15) is 0 Å². The van der Waals surface area contributed by atoms with Crippen LogP contribution in [0.15, 0.2) is 21.1 Å². The molecule has 5 heteroatoms. The van der Waals surface area contributed by atoms with E-state index in [0.717, 1.165) is 4.57 Å². The van der Waals surface area contributed by atoms with Crippen molar-refractivity contribution in [2.45, 2.75) is 4.90 Å². The first-order valence-electron chi connectivity index (χ1n) is 3.61. The van der Waals surface area contributed by atoms with Gasteiger partial charge in [0.25, 0.3) is 5.56 Å². The average Bonchev–Trinajstić information content (AvgIpc) is 2.13. The van der Waals surface area contributed by atoms with E-state index < -0.39 is 5.69 Å². The van der Waals surface area contributed by atoms with Gasteiger partial charge in [-0.3, -0.25) is 9.36 Å². The van der Waals surface area contributed by atoms with Gasteiger partial charge in [-0.25, -0.2) is 4.79 Å². The summed E-state index contributed by atoms with van der Waals surface area (Å²) in [4.78, 5) is 25.7. The van der Waals surface area contributed by atoms with E-state index >= 15 is 0 Å². The van der Waals surface area contributed by atoms with Gasteiger partial charge in [-0.05, 0) is 12.3 Å². The highest BCUT2D eigenvalue weighted by atomic mass is 32.2. The largest absolute Gasteiger partial charge is 0.328 e. The number of nitrogens with one attached hydrogen (secondary N) is 1. The van der Waals surface area contributed by atoms with Crippen molar-refractivity contribution in [1.82, 2.24) is 9.55 Å². The molecule has 0 radical (unpaired) electrons. The third-order valence-electron chi connectivity index (χ3n) is 1.70. The van der Waals surface area contributed by atoms with Crippen LogP contribution in [-0.2, 0) is 7.05 Å². The van der Waals surface area contributed by atoms with Crippen molar-refractivity contribution in [2.24, 2.45) is 7.05 Å². The van der Waals surface area contributed by atoms with Gasteiger partial charge >= 0.3 is 5.69 Å². The molecule has 0 spiro atoms. The first-order chi connectivity index (χ1) is 6.11. The maximum atomic E-state index is 11.5. The summed E-state index contributed by atoms with van der Waals surface area (Å²) in [5.74, 6) is 0. The lowest BCUT2D eigenvalue weighted by molar-refractivity contribution is 0.745. The molecule has 0 saturated heterocycles. The van der Waals surface area contributed by atoms with Crippen molar-refractivity contribution in [3.63, 3.8) is 0 Å². The van der Waals surface area contributed by atoms with Crippen LogP contribution in [0.5, 0.6) is 0 Å². The molecule has 0 fully saturated rings. The molecule has 0 atom stereocenters. The predicted octanol–water partition coefficient (Wildman–Crippen LogP) is 0.439. The molecule has 0 saturated carbocycles. The number of rotatable bonds is 2. The molecule has 70 valence electrons. The topological polar surface area (TPSA) is 54.9 Å². The molecule has 1 rings (SSSR count). The zero-order valence-corrected chi connectivity index (χ0v) is 8.27. The van der Waals surface area contributed by atoms with Crippen molar-refractivity contribution in [2.75, 3.05) is 6.26 Å². The molecule has 1 aromatic rings. The normalized spacial score (nSPS) is 10.0. The second kappa shape index (κ2) is 3.66. The minimum atomic E-state index is -0.419. The molecule has 0 aliphatic heterocycles. The van der Waals surface area contributed by atoms with E-state index in [-0.39, 0.29) is 5.56 Å². The molecule has 1 heterocycles. The van der Waals surface area contributed by atoms with Crippen LogP contribution in [-0.4, -0.2) is 15.8 Å². The number of nitrogens with zero attached hydrogens (tertiary/aromatic N) is 1. The lowest BCUT2D eigenvalue weighted by atomic mass is 10.4. The van der Waals surface area contributed by atoms with Crippen LogP contribution < -0.4 is 11.2 Å². The molecule has 0 unspecified atom stereocenters. The molecule has 0 amide bonds. The van der Waals surface area contributed by atoms with E-state index in [1.807, 2.05) is 0 Å². The van der Waals surface area contributed by atoms with Crippen LogP contribution in [0.25, 0.3) is 6.08 Å². The second-order valence-electron chi connectivity index (χ2n) is 2.45. The quantitative estimate of drug-likeness (QED) is 0.701. The van der Waals surface area contributed by atoms with Crippen LogP contribution in [0.2, 0.25) is 0 Å². The monoisotopic (exact) mass is 198 g/mol. The molecule has 0 aliphatic rings. The van der Waals surface area contributed by atoms with Crippen molar-refractivity contribution in [3.05, 3.63) is 33.1 Å². The molecule has 0 aliphatic carbocycles. The van der Waals surface area contributed by atoms with Gasteiger partial charge in [0.2, 0.25) is 0 Å². The Labute approximate surface area is 79.3 Å².